The average Bonchev–Trinajstić information content (AvgIpc) is 2.78. The van der Waals surface area contributed by atoms with E-state index in [0.29, 0.717) is 37.3 Å². The minimum atomic E-state index is -0.436. The first-order chi connectivity index (χ1) is 15.3. The van der Waals surface area contributed by atoms with Crippen molar-refractivity contribution in [2.24, 2.45) is 0 Å². The summed E-state index contributed by atoms with van der Waals surface area (Å²) >= 11 is 0. The lowest BCUT2D eigenvalue weighted by Gasteiger charge is -2.35. The Morgan fingerprint density at radius 1 is 0.906 bits per heavy atom. The first-order valence-corrected chi connectivity index (χ1v) is 10.5. The van der Waals surface area contributed by atoms with Gasteiger partial charge in [-0.15, -0.1) is 10.2 Å². The Balaban J connectivity index is 1.41. The molecule has 1 saturated heterocycles. The van der Waals surface area contributed by atoms with Gasteiger partial charge in [0.2, 0.25) is 0 Å². The molecule has 1 amide bonds. The highest BCUT2D eigenvalue weighted by Crippen LogP contribution is 2.24. The molecule has 8 heteroatoms. The fraction of sp³-hybridized carbons (Fsp3) is 0.292. The summed E-state index contributed by atoms with van der Waals surface area (Å²) in [6.07, 6.45) is 0. The molecule has 0 radical (unpaired) electrons. The summed E-state index contributed by atoms with van der Waals surface area (Å²) in [7, 11) is 0. The first-order valence-electron chi connectivity index (χ1n) is 10.5. The van der Waals surface area contributed by atoms with E-state index < -0.39 is 4.92 Å². The van der Waals surface area contributed by atoms with Crippen LogP contribution in [0.1, 0.15) is 27.0 Å². The first kappa shape index (κ1) is 21.4. The van der Waals surface area contributed by atoms with Gasteiger partial charge in [0.05, 0.1) is 10.6 Å². The van der Waals surface area contributed by atoms with Crippen LogP contribution in [0.25, 0.3) is 11.3 Å². The highest BCUT2D eigenvalue weighted by molar-refractivity contribution is 5.95. The zero-order chi connectivity index (χ0) is 22.8. The maximum atomic E-state index is 12.8. The number of rotatable bonds is 4. The number of anilines is 1. The van der Waals surface area contributed by atoms with Crippen molar-refractivity contribution in [1.82, 2.24) is 15.1 Å². The fourth-order valence-electron chi connectivity index (χ4n) is 4.05. The predicted molar refractivity (Wildman–Crippen MR) is 123 cm³/mol. The van der Waals surface area contributed by atoms with Gasteiger partial charge >= 0.3 is 0 Å². The molecule has 0 saturated carbocycles. The third kappa shape index (κ3) is 4.30. The molecule has 1 aliphatic heterocycles. The molecule has 0 bridgehead atoms. The van der Waals surface area contributed by atoms with Gasteiger partial charge in [-0.25, -0.2) is 0 Å². The minimum Gasteiger partial charge on any atom is -0.352 e. The van der Waals surface area contributed by atoms with Crippen molar-refractivity contribution in [3.05, 3.63) is 80.9 Å². The van der Waals surface area contributed by atoms with E-state index in [4.69, 9.17) is 0 Å². The molecule has 1 fully saturated rings. The summed E-state index contributed by atoms with van der Waals surface area (Å²) in [6, 6.07) is 14.7. The number of benzene rings is 2. The number of amides is 1. The van der Waals surface area contributed by atoms with Crippen LogP contribution in [0.4, 0.5) is 11.5 Å². The Morgan fingerprint density at radius 3 is 2.25 bits per heavy atom. The van der Waals surface area contributed by atoms with Gasteiger partial charge < -0.3 is 9.80 Å². The van der Waals surface area contributed by atoms with Gasteiger partial charge in [-0.3, -0.25) is 14.9 Å². The smallest absolute Gasteiger partial charge is 0.272 e. The van der Waals surface area contributed by atoms with Gasteiger partial charge in [0.1, 0.15) is 0 Å². The lowest BCUT2D eigenvalue weighted by molar-refractivity contribution is -0.385. The standard InChI is InChI=1S/C24H25N5O3/c1-16-4-6-20(17(2)14-16)21-7-9-23(26-25-21)27-10-12-28(13-11-27)24(30)19-5-8-22(29(31)32)18(3)15-19/h4-9,14-15H,10-13H2,1-3H3. The Labute approximate surface area is 186 Å². The quantitative estimate of drug-likeness (QED) is 0.459. The second kappa shape index (κ2) is 8.74. The number of carbonyl (C=O) groups is 1. The third-order valence-corrected chi connectivity index (χ3v) is 5.84. The Morgan fingerprint density at radius 2 is 1.66 bits per heavy atom. The SMILES string of the molecule is Cc1ccc(-c2ccc(N3CCN(C(=O)c4ccc([N+](=O)[O-])c(C)c4)CC3)nn2)c(C)c1. The topological polar surface area (TPSA) is 92.5 Å². The van der Waals surface area contributed by atoms with E-state index in [2.05, 4.69) is 47.1 Å². The summed E-state index contributed by atoms with van der Waals surface area (Å²) in [5, 5.41) is 19.8. The van der Waals surface area contributed by atoms with Crippen molar-refractivity contribution in [3.63, 3.8) is 0 Å². The zero-order valence-electron chi connectivity index (χ0n) is 18.4. The van der Waals surface area contributed by atoms with E-state index in [0.717, 1.165) is 17.1 Å². The van der Waals surface area contributed by atoms with Gasteiger partial charge in [-0.05, 0) is 50.6 Å². The number of nitro benzene ring substituents is 1. The maximum absolute atomic E-state index is 12.8. The van der Waals surface area contributed by atoms with E-state index in [1.165, 1.54) is 23.3 Å². The van der Waals surface area contributed by atoms with Gasteiger partial charge in [0, 0.05) is 48.9 Å². The van der Waals surface area contributed by atoms with Crippen LogP contribution in [-0.4, -0.2) is 52.1 Å². The second-order valence-corrected chi connectivity index (χ2v) is 8.13. The van der Waals surface area contributed by atoms with Crippen molar-refractivity contribution in [3.8, 4) is 11.3 Å². The summed E-state index contributed by atoms with van der Waals surface area (Å²) in [5.41, 5.74) is 5.27. The number of aromatic nitrogens is 2. The molecule has 0 unspecified atom stereocenters. The van der Waals surface area contributed by atoms with Gasteiger partial charge in [-0.1, -0.05) is 23.8 Å². The number of nitrogens with zero attached hydrogens (tertiary/aromatic N) is 5. The molecule has 8 nitrogen and oxygen atoms in total. The third-order valence-electron chi connectivity index (χ3n) is 5.84. The monoisotopic (exact) mass is 431 g/mol. The van der Waals surface area contributed by atoms with Crippen LogP contribution in [0, 0.1) is 30.9 Å². The normalized spacial score (nSPS) is 13.8. The van der Waals surface area contributed by atoms with Crippen molar-refractivity contribution in [2.75, 3.05) is 31.1 Å². The van der Waals surface area contributed by atoms with Gasteiger partial charge in [-0.2, -0.15) is 0 Å². The number of aryl methyl sites for hydroxylation is 3. The molecular weight excluding hydrogens is 406 g/mol. The molecular formula is C24H25N5O3. The van der Waals surface area contributed by atoms with Crippen LogP contribution in [0.2, 0.25) is 0 Å². The molecule has 3 aromatic rings. The van der Waals surface area contributed by atoms with Gasteiger partial charge in [0.15, 0.2) is 5.82 Å². The summed E-state index contributed by atoms with van der Waals surface area (Å²) in [6.45, 7) is 8.18. The molecule has 1 aromatic heterocycles. The van der Waals surface area contributed by atoms with E-state index in [-0.39, 0.29) is 11.6 Å². The molecule has 32 heavy (non-hydrogen) atoms. The fourth-order valence-corrected chi connectivity index (χ4v) is 4.05. The molecule has 2 heterocycles. The van der Waals surface area contributed by atoms with Gasteiger partial charge in [0.25, 0.3) is 11.6 Å². The van der Waals surface area contributed by atoms with E-state index in [1.807, 2.05) is 12.1 Å². The number of hydrogen-bond donors (Lipinski definition) is 0. The molecule has 0 N–H and O–H groups in total. The average molecular weight is 431 g/mol. The lowest BCUT2D eigenvalue weighted by atomic mass is 10.0. The van der Waals surface area contributed by atoms with Crippen LogP contribution >= 0.6 is 0 Å². The number of carbonyl (C=O) groups excluding carboxylic acids is 1. The van der Waals surface area contributed by atoms with E-state index in [1.54, 1.807) is 17.9 Å². The number of nitro groups is 1. The molecule has 0 atom stereocenters. The van der Waals surface area contributed by atoms with Crippen LogP contribution in [0.5, 0.6) is 0 Å². The second-order valence-electron chi connectivity index (χ2n) is 8.13. The highest BCUT2D eigenvalue weighted by atomic mass is 16.6. The largest absolute Gasteiger partial charge is 0.352 e. The summed E-state index contributed by atoms with van der Waals surface area (Å²) < 4.78 is 0. The molecule has 0 aliphatic carbocycles. The molecule has 4 rings (SSSR count). The zero-order valence-corrected chi connectivity index (χ0v) is 18.4. The minimum absolute atomic E-state index is 0.0224. The van der Waals surface area contributed by atoms with Crippen LogP contribution in [0.3, 0.4) is 0 Å². The molecule has 0 spiro atoms. The highest BCUT2D eigenvalue weighted by Gasteiger charge is 2.24. The summed E-state index contributed by atoms with van der Waals surface area (Å²) in [4.78, 5) is 27.3. The summed E-state index contributed by atoms with van der Waals surface area (Å²) in [5.74, 6) is 0.677. The van der Waals surface area contributed by atoms with Crippen LogP contribution < -0.4 is 4.90 Å². The maximum Gasteiger partial charge on any atom is 0.272 e. The molecule has 1 aliphatic rings. The van der Waals surface area contributed by atoms with Crippen LogP contribution in [-0.2, 0) is 0 Å². The Bertz CT molecular complexity index is 1170. The number of hydrogen-bond acceptors (Lipinski definition) is 6. The Hall–Kier alpha value is -3.81. The van der Waals surface area contributed by atoms with Crippen LogP contribution in [0.15, 0.2) is 48.5 Å². The Kier molecular flexibility index (Phi) is 5.85. The molecule has 2 aromatic carbocycles. The van der Waals surface area contributed by atoms with E-state index in [9.17, 15) is 14.9 Å². The number of piperazine rings is 1. The molecule has 164 valence electrons. The lowest BCUT2D eigenvalue weighted by Crippen LogP contribution is -2.49. The van der Waals surface area contributed by atoms with Crippen molar-refractivity contribution in [2.45, 2.75) is 20.8 Å². The van der Waals surface area contributed by atoms with Crippen molar-refractivity contribution < 1.29 is 9.72 Å². The van der Waals surface area contributed by atoms with Crippen molar-refractivity contribution in [1.29, 1.82) is 0 Å². The van der Waals surface area contributed by atoms with Crippen molar-refractivity contribution >= 4 is 17.4 Å². The van der Waals surface area contributed by atoms with E-state index >= 15 is 0 Å². The predicted octanol–water partition coefficient (Wildman–Crippen LogP) is 3.94.